The largest absolute Gasteiger partial charge is 0.364 e. The van der Waals surface area contributed by atoms with Crippen molar-refractivity contribution in [2.75, 3.05) is 0 Å². The Hall–Kier alpha value is -1.37. The average Bonchev–Trinajstić information content (AvgIpc) is 2.52. The Labute approximate surface area is 94.1 Å². The van der Waals surface area contributed by atoms with Gasteiger partial charge in [-0.05, 0) is 0 Å². The molecule has 1 N–H and O–H groups in total. The molecule has 1 aromatic rings. The van der Waals surface area contributed by atoms with E-state index in [9.17, 15) is 13.2 Å². The highest BCUT2D eigenvalue weighted by atomic mass is 32.2. The zero-order chi connectivity index (χ0) is 12.4. The van der Waals surface area contributed by atoms with Crippen LogP contribution in [0, 0.1) is 5.41 Å². The van der Waals surface area contributed by atoms with Crippen LogP contribution in [0.25, 0.3) is 0 Å². The number of nitrogens with zero attached hydrogens (tertiary/aromatic N) is 1. The Morgan fingerprint density at radius 2 is 2.12 bits per heavy atom. The predicted molar refractivity (Wildman–Crippen MR) is 56.7 cm³/mol. The van der Waals surface area contributed by atoms with E-state index in [0.29, 0.717) is 0 Å². The first kappa shape index (κ1) is 12.7. The van der Waals surface area contributed by atoms with Gasteiger partial charge in [-0.1, -0.05) is 25.9 Å². The van der Waals surface area contributed by atoms with E-state index in [-0.39, 0.29) is 11.4 Å². The molecule has 1 amide bonds. The van der Waals surface area contributed by atoms with Crippen molar-refractivity contribution in [3.63, 3.8) is 0 Å². The van der Waals surface area contributed by atoms with Crippen LogP contribution >= 0.6 is 0 Å². The van der Waals surface area contributed by atoms with Gasteiger partial charge in [0.2, 0.25) is 15.9 Å². The van der Waals surface area contributed by atoms with Gasteiger partial charge in [0.05, 0.1) is 0 Å². The van der Waals surface area contributed by atoms with Gasteiger partial charge in [-0.25, -0.2) is 8.42 Å². The molecule has 0 fully saturated rings. The van der Waals surface area contributed by atoms with Gasteiger partial charge in [0.1, 0.15) is 17.7 Å². The normalized spacial score (nSPS) is 12.4. The Kier molecular flexibility index (Phi) is 3.37. The fourth-order valence-corrected chi connectivity index (χ4v) is 2.04. The first-order valence-corrected chi connectivity index (χ1v) is 6.30. The Balaban J connectivity index is 2.70. The molecule has 0 saturated carbocycles. The number of nitrogens with one attached hydrogen (secondary N) is 1. The van der Waals surface area contributed by atoms with Crippen molar-refractivity contribution in [1.29, 1.82) is 0 Å². The number of hydrogen-bond donors (Lipinski definition) is 1. The van der Waals surface area contributed by atoms with E-state index >= 15 is 0 Å². The molecule has 0 bridgehead atoms. The molecule has 1 aromatic heterocycles. The highest BCUT2D eigenvalue weighted by Gasteiger charge is 2.26. The van der Waals surface area contributed by atoms with E-state index in [1.54, 1.807) is 20.8 Å². The molecule has 0 aromatic carbocycles. The minimum Gasteiger partial charge on any atom is -0.364 e. The number of carbonyl (C=O) groups excluding carboxylic acids is 1. The van der Waals surface area contributed by atoms with Crippen molar-refractivity contribution in [3.05, 3.63) is 18.0 Å². The summed E-state index contributed by atoms with van der Waals surface area (Å²) in [4.78, 5) is 11.5. The van der Waals surface area contributed by atoms with Gasteiger partial charge >= 0.3 is 0 Å². The van der Waals surface area contributed by atoms with Crippen LogP contribution in [-0.4, -0.2) is 19.5 Å². The lowest BCUT2D eigenvalue weighted by Crippen LogP contribution is -2.39. The third-order valence-electron chi connectivity index (χ3n) is 1.76. The summed E-state index contributed by atoms with van der Waals surface area (Å²) in [5.41, 5.74) is -0.495. The summed E-state index contributed by atoms with van der Waals surface area (Å²) in [6.45, 7) is 4.90. The van der Waals surface area contributed by atoms with Crippen LogP contribution in [-0.2, 0) is 20.6 Å². The lowest BCUT2D eigenvalue weighted by molar-refractivity contribution is -0.126. The molecule has 0 saturated heterocycles. The van der Waals surface area contributed by atoms with Gasteiger partial charge < -0.3 is 4.52 Å². The second kappa shape index (κ2) is 4.25. The van der Waals surface area contributed by atoms with Gasteiger partial charge in [-0.2, -0.15) is 0 Å². The molecular weight excluding hydrogens is 232 g/mol. The van der Waals surface area contributed by atoms with E-state index in [2.05, 4.69) is 9.68 Å². The molecule has 0 unspecified atom stereocenters. The molecular formula is C9H14N2O4S. The molecule has 0 aliphatic heterocycles. The van der Waals surface area contributed by atoms with Crippen molar-refractivity contribution >= 4 is 15.9 Å². The summed E-state index contributed by atoms with van der Waals surface area (Å²) in [5, 5.41) is 3.47. The predicted octanol–water partition coefficient (Wildman–Crippen LogP) is 0.667. The number of hydrogen-bond acceptors (Lipinski definition) is 5. The van der Waals surface area contributed by atoms with E-state index in [1.165, 1.54) is 12.3 Å². The third kappa shape index (κ3) is 3.65. The van der Waals surface area contributed by atoms with Crippen LogP contribution in [0.15, 0.2) is 16.9 Å². The SMILES string of the molecule is CC(C)(C)C(=O)NS(=O)(=O)Cc1ccon1. The van der Waals surface area contributed by atoms with Gasteiger partial charge in [-0.15, -0.1) is 0 Å². The topological polar surface area (TPSA) is 89.3 Å². The molecule has 6 nitrogen and oxygen atoms in total. The van der Waals surface area contributed by atoms with E-state index in [0.717, 1.165) is 0 Å². The first-order valence-electron chi connectivity index (χ1n) is 4.65. The van der Waals surface area contributed by atoms with Gasteiger partial charge in [0.25, 0.3) is 0 Å². The second-order valence-electron chi connectivity index (χ2n) is 4.43. The summed E-state index contributed by atoms with van der Waals surface area (Å²) >= 11 is 0. The van der Waals surface area contributed by atoms with Crippen LogP contribution < -0.4 is 4.72 Å². The van der Waals surface area contributed by atoms with Crippen LogP contribution in [0.2, 0.25) is 0 Å². The first-order chi connectivity index (χ1) is 7.21. The summed E-state index contributed by atoms with van der Waals surface area (Å²) < 4.78 is 29.6. The fraction of sp³-hybridized carbons (Fsp3) is 0.556. The minimum absolute atomic E-state index is 0.259. The molecule has 0 atom stereocenters. The monoisotopic (exact) mass is 246 g/mol. The van der Waals surface area contributed by atoms with Crippen LogP contribution in [0.3, 0.4) is 0 Å². The lowest BCUT2D eigenvalue weighted by atomic mass is 9.96. The molecule has 1 heterocycles. The van der Waals surface area contributed by atoms with Crippen molar-refractivity contribution in [3.8, 4) is 0 Å². The molecule has 1 rings (SSSR count). The second-order valence-corrected chi connectivity index (χ2v) is 6.15. The number of rotatable bonds is 3. The lowest BCUT2D eigenvalue weighted by Gasteiger charge is -2.17. The molecule has 0 radical (unpaired) electrons. The summed E-state index contributed by atoms with van der Waals surface area (Å²) in [7, 11) is -3.71. The summed E-state index contributed by atoms with van der Waals surface area (Å²) in [6, 6.07) is 1.43. The van der Waals surface area contributed by atoms with E-state index in [1.807, 2.05) is 4.72 Å². The van der Waals surface area contributed by atoms with Crippen molar-refractivity contribution < 1.29 is 17.7 Å². The molecule has 0 spiro atoms. The molecule has 7 heteroatoms. The smallest absolute Gasteiger partial charge is 0.240 e. The van der Waals surface area contributed by atoms with Gasteiger partial charge in [0.15, 0.2) is 0 Å². The van der Waals surface area contributed by atoms with Gasteiger partial charge in [-0.3, -0.25) is 9.52 Å². The molecule has 16 heavy (non-hydrogen) atoms. The average molecular weight is 246 g/mol. The molecule has 90 valence electrons. The quantitative estimate of drug-likeness (QED) is 0.846. The minimum atomic E-state index is -3.71. The number of amides is 1. The number of aromatic nitrogens is 1. The highest BCUT2D eigenvalue weighted by Crippen LogP contribution is 2.13. The van der Waals surface area contributed by atoms with Crippen molar-refractivity contribution in [2.24, 2.45) is 5.41 Å². The maximum Gasteiger partial charge on any atom is 0.240 e. The van der Waals surface area contributed by atoms with E-state index in [4.69, 9.17) is 0 Å². The maximum atomic E-state index is 11.5. The van der Waals surface area contributed by atoms with Crippen molar-refractivity contribution in [1.82, 2.24) is 9.88 Å². The Morgan fingerprint density at radius 1 is 1.50 bits per heavy atom. The summed E-state index contributed by atoms with van der Waals surface area (Å²) in [5.74, 6) is -0.915. The van der Waals surface area contributed by atoms with Crippen LogP contribution in [0.1, 0.15) is 26.5 Å². The molecule has 0 aliphatic carbocycles. The molecule has 0 aliphatic rings. The number of carbonyl (C=O) groups is 1. The zero-order valence-corrected chi connectivity index (χ0v) is 10.2. The fourth-order valence-electron chi connectivity index (χ4n) is 0.837. The zero-order valence-electron chi connectivity index (χ0n) is 9.35. The van der Waals surface area contributed by atoms with E-state index < -0.39 is 21.3 Å². The van der Waals surface area contributed by atoms with Crippen LogP contribution in [0.4, 0.5) is 0 Å². The standard InChI is InChI=1S/C9H14N2O4S/c1-9(2,3)8(12)11-16(13,14)6-7-4-5-15-10-7/h4-5H,6H2,1-3H3,(H,11,12). The Bertz CT molecular complexity index is 456. The summed E-state index contributed by atoms with van der Waals surface area (Å²) in [6.07, 6.45) is 1.27. The van der Waals surface area contributed by atoms with Gasteiger partial charge in [0, 0.05) is 11.5 Å². The van der Waals surface area contributed by atoms with Crippen molar-refractivity contribution in [2.45, 2.75) is 26.5 Å². The highest BCUT2D eigenvalue weighted by molar-refractivity contribution is 7.89. The third-order valence-corrected chi connectivity index (χ3v) is 2.93. The van der Waals surface area contributed by atoms with Crippen LogP contribution in [0.5, 0.6) is 0 Å². The number of sulfonamides is 1. The maximum absolute atomic E-state index is 11.5. The Morgan fingerprint density at radius 3 is 2.56 bits per heavy atom.